The van der Waals surface area contributed by atoms with E-state index in [9.17, 15) is 0 Å². The highest BCUT2D eigenvalue weighted by Crippen LogP contribution is 2.32. The van der Waals surface area contributed by atoms with Gasteiger partial charge in [0.25, 0.3) is 0 Å². The van der Waals surface area contributed by atoms with Crippen LogP contribution in [0.1, 0.15) is 36.8 Å². The molecule has 1 fully saturated rings. The van der Waals surface area contributed by atoms with E-state index in [4.69, 9.17) is 15.2 Å². The van der Waals surface area contributed by atoms with Crippen molar-refractivity contribution in [3.8, 4) is 5.75 Å². The van der Waals surface area contributed by atoms with Crippen LogP contribution in [0.25, 0.3) is 0 Å². The zero-order valence-electron chi connectivity index (χ0n) is 11.5. The molecule has 1 aromatic rings. The Balaban J connectivity index is 1.55. The van der Waals surface area contributed by atoms with E-state index in [1.54, 1.807) is 0 Å². The van der Waals surface area contributed by atoms with Crippen molar-refractivity contribution in [2.45, 2.75) is 44.1 Å². The molecule has 2 N–H and O–H groups in total. The SMILES string of the molecule is NCC1(OCCc2ccc3c(c2)CCO3)CCCC1. The minimum atomic E-state index is -0.0279. The molecule has 1 aromatic carbocycles. The molecule has 0 unspecified atom stereocenters. The van der Waals surface area contributed by atoms with E-state index in [1.165, 1.54) is 24.0 Å². The Morgan fingerprint density at radius 3 is 2.89 bits per heavy atom. The molecule has 3 rings (SSSR count). The zero-order chi connectivity index (χ0) is 13.1. The lowest BCUT2D eigenvalue weighted by Crippen LogP contribution is -2.38. The van der Waals surface area contributed by atoms with Gasteiger partial charge in [-0.2, -0.15) is 0 Å². The predicted octanol–water partition coefficient (Wildman–Crippen LogP) is 2.45. The maximum absolute atomic E-state index is 6.11. The van der Waals surface area contributed by atoms with Crippen LogP contribution in [-0.2, 0) is 17.6 Å². The molecule has 19 heavy (non-hydrogen) atoms. The van der Waals surface area contributed by atoms with Gasteiger partial charge in [-0.3, -0.25) is 0 Å². The molecule has 104 valence electrons. The second kappa shape index (κ2) is 5.51. The monoisotopic (exact) mass is 261 g/mol. The molecule has 1 heterocycles. The van der Waals surface area contributed by atoms with Crippen LogP contribution in [0.3, 0.4) is 0 Å². The Morgan fingerprint density at radius 2 is 2.11 bits per heavy atom. The van der Waals surface area contributed by atoms with Gasteiger partial charge in [0, 0.05) is 13.0 Å². The van der Waals surface area contributed by atoms with E-state index >= 15 is 0 Å². The smallest absolute Gasteiger partial charge is 0.122 e. The van der Waals surface area contributed by atoms with E-state index in [2.05, 4.69) is 18.2 Å². The van der Waals surface area contributed by atoms with E-state index in [1.807, 2.05) is 0 Å². The standard InChI is InChI=1S/C16H23NO2/c17-12-16(7-1-2-8-16)19-10-5-13-3-4-15-14(11-13)6-9-18-15/h3-4,11H,1-2,5-10,12,17H2. The lowest BCUT2D eigenvalue weighted by atomic mass is 10.0. The molecule has 0 atom stereocenters. The molecule has 3 nitrogen and oxygen atoms in total. The molecular weight excluding hydrogens is 238 g/mol. The van der Waals surface area contributed by atoms with Crippen molar-refractivity contribution in [1.82, 2.24) is 0 Å². The molecule has 0 spiro atoms. The van der Waals surface area contributed by atoms with Crippen LogP contribution in [0.2, 0.25) is 0 Å². The van der Waals surface area contributed by atoms with E-state index in [-0.39, 0.29) is 5.60 Å². The number of hydrogen-bond donors (Lipinski definition) is 1. The van der Waals surface area contributed by atoms with Gasteiger partial charge in [-0.15, -0.1) is 0 Å². The highest BCUT2D eigenvalue weighted by molar-refractivity contribution is 5.39. The number of hydrogen-bond acceptors (Lipinski definition) is 3. The first kappa shape index (κ1) is 12.9. The molecule has 0 amide bonds. The van der Waals surface area contributed by atoms with Crippen molar-refractivity contribution in [2.24, 2.45) is 5.73 Å². The third-order valence-electron chi connectivity index (χ3n) is 4.44. The van der Waals surface area contributed by atoms with Crippen LogP contribution in [0.4, 0.5) is 0 Å². The van der Waals surface area contributed by atoms with Gasteiger partial charge in [0.1, 0.15) is 5.75 Å². The highest BCUT2D eigenvalue weighted by atomic mass is 16.5. The molecular formula is C16H23NO2. The minimum Gasteiger partial charge on any atom is -0.493 e. The summed E-state index contributed by atoms with van der Waals surface area (Å²) in [6, 6.07) is 6.50. The largest absolute Gasteiger partial charge is 0.493 e. The number of nitrogens with two attached hydrogens (primary N) is 1. The zero-order valence-corrected chi connectivity index (χ0v) is 11.5. The first-order chi connectivity index (χ1) is 9.31. The lowest BCUT2D eigenvalue weighted by Gasteiger charge is -2.27. The molecule has 0 aromatic heterocycles. The van der Waals surface area contributed by atoms with Crippen molar-refractivity contribution in [2.75, 3.05) is 19.8 Å². The maximum atomic E-state index is 6.11. The van der Waals surface area contributed by atoms with Gasteiger partial charge in [-0.1, -0.05) is 25.0 Å². The number of ether oxygens (including phenoxy) is 2. The Bertz CT molecular complexity index is 438. The van der Waals surface area contributed by atoms with Crippen molar-refractivity contribution in [3.05, 3.63) is 29.3 Å². The van der Waals surface area contributed by atoms with E-state index in [0.717, 1.165) is 44.6 Å². The summed E-state index contributed by atoms with van der Waals surface area (Å²) >= 11 is 0. The molecule has 2 aliphatic rings. The summed E-state index contributed by atoms with van der Waals surface area (Å²) in [6.45, 7) is 2.26. The highest BCUT2D eigenvalue weighted by Gasteiger charge is 2.33. The second-order valence-corrected chi connectivity index (χ2v) is 5.73. The van der Waals surface area contributed by atoms with Gasteiger partial charge in [0.2, 0.25) is 0 Å². The molecule has 1 aliphatic carbocycles. The summed E-state index contributed by atoms with van der Waals surface area (Å²) < 4.78 is 11.6. The number of benzene rings is 1. The van der Waals surface area contributed by atoms with Crippen LogP contribution in [-0.4, -0.2) is 25.4 Å². The molecule has 1 aliphatic heterocycles. The van der Waals surface area contributed by atoms with Crippen molar-refractivity contribution < 1.29 is 9.47 Å². The fraction of sp³-hybridized carbons (Fsp3) is 0.625. The van der Waals surface area contributed by atoms with Crippen molar-refractivity contribution >= 4 is 0 Å². The van der Waals surface area contributed by atoms with E-state index in [0.29, 0.717) is 6.54 Å². The fourth-order valence-electron chi connectivity index (χ4n) is 3.21. The van der Waals surface area contributed by atoms with Gasteiger partial charge in [0.15, 0.2) is 0 Å². The van der Waals surface area contributed by atoms with Gasteiger partial charge >= 0.3 is 0 Å². The van der Waals surface area contributed by atoms with Crippen LogP contribution in [0, 0.1) is 0 Å². The quantitative estimate of drug-likeness (QED) is 0.885. The van der Waals surface area contributed by atoms with Crippen LogP contribution < -0.4 is 10.5 Å². The lowest BCUT2D eigenvalue weighted by molar-refractivity contribution is -0.0319. The van der Waals surface area contributed by atoms with Gasteiger partial charge < -0.3 is 15.2 Å². The van der Waals surface area contributed by atoms with Gasteiger partial charge in [0.05, 0.1) is 18.8 Å². The molecule has 0 radical (unpaired) electrons. The molecule has 0 bridgehead atoms. The van der Waals surface area contributed by atoms with Crippen molar-refractivity contribution in [3.63, 3.8) is 0 Å². The van der Waals surface area contributed by atoms with Gasteiger partial charge in [-0.05, 0) is 36.5 Å². The third kappa shape index (κ3) is 2.77. The van der Waals surface area contributed by atoms with Crippen LogP contribution in [0.15, 0.2) is 18.2 Å². The number of rotatable bonds is 5. The topological polar surface area (TPSA) is 44.5 Å². The first-order valence-corrected chi connectivity index (χ1v) is 7.40. The Hall–Kier alpha value is -1.06. The Labute approximate surface area is 115 Å². The van der Waals surface area contributed by atoms with Crippen LogP contribution in [0.5, 0.6) is 5.75 Å². The first-order valence-electron chi connectivity index (χ1n) is 7.40. The molecule has 1 saturated carbocycles. The Kier molecular flexibility index (Phi) is 3.76. The van der Waals surface area contributed by atoms with Crippen molar-refractivity contribution in [1.29, 1.82) is 0 Å². The summed E-state index contributed by atoms with van der Waals surface area (Å²) in [5, 5.41) is 0. The molecule has 0 saturated heterocycles. The normalized spacial score (nSPS) is 20.3. The average Bonchev–Trinajstić information content (AvgIpc) is 3.07. The Morgan fingerprint density at radius 1 is 1.26 bits per heavy atom. The third-order valence-corrected chi connectivity index (χ3v) is 4.44. The summed E-state index contributed by atoms with van der Waals surface area (Å²) in [4.78, 5) is 0. The van der Waals surface area contributed by atoms with E-state index < -0.39 is 0 Å². The summed E-state index contributed by atoms with van der Waals surface area (Å²) in [5.41, 5.74) is 8.53. The number of fused-ring (bicyclic) bond motifs is 1. The fourth-order valence-corrected chi connectivity index (χ4v) is 3.21. The van der Waals surface area contributed by atoms with Gasteiger partial charge in [-0.25, -0.2) is 0 Å². The average molecular weight is 261 g/mol. The summed E-state index contributed by atoms with van der Waals surface area (Å²) in [6.07, 6.45) is 6.77. The minimum absolute atomic E-state index is 0.0279. The predicted molar refractivity (Wildman–Crippen MR) is 75.6 cm³/mol. The summed E-state index contributed by atoms with van der Waals surface area (Å²) in [5.74, 6) is 1.05. The van der Waals surface area contributed by atoms with Crippen LogP contribution >= 0.6 is 0 Å². The molecule has 3 heteroatoms. The maximum Gasteiger partial charge on any atom is 0.122 e. The summed E-state index contributed by atoms with van der Waals surface area (Å²) in [7, 11) is 0. The second-order valence-electron chi connectivity index (χ2n) is 5.73.